The van der Waals surface area contributed by atoms with Gasteiger partial charge in [0.15, 0.2) is 0 Å². The molecule has 1 fully saturated rings. The van der Waals surface area contributed by atoms with E-state index in [1.807, 2.05) is 4.90 Å². The number of hydrogen-bond acceptors (Lipinski definition) is 2. The smallest absolute Gasteiger partial charge is 0.319 e. The van der Waals surface area contributed by atoms with Crippen molar-refractivity contribution in [3.8, 4) is 0 Å². The highest BCUT2D eigenvalue weighted by atomic mass is 16.5. The molecule has 1 N–H and O–H groups in total. The maximum atomic E-state index is 11.5. The number of carbonyl (C=O) groups is 1. The Balaban J connectivity index is 2.35. The monoisotopic (exact) mass is 186 g/mol. The summed E-state index contributed by atoms with van der Waals surface area (Å²) in [6.45, 7) is 3.25. The van der Waals surface area contributed by atoms with Crippen LogP contribution in [0.3, 0.4) is 0 Å². The highest BCUT2D eigenvalue weighted by molar-refractivity contribution is 5.74. The Hall–Kier alpha value is -0.770. The van der Waals surface area contributed by atoms with Crippen molar-refractivity contribution in [2.24, 2.45) is 0 Å². The molecule has 76 valence electrons. The number of amides is 2. The summed E-state index contributed by atoms with van der Waals surface area (Å²) in [7, 11) is 1.57. The van der Waals surface area contributed by atoms with Crippen molar-refractivity contribution in [2.75, 3.05) is 20.4 Å². The Morgan fingerprint density at radius 3 is 3.00 bits per heavy atom. The lowest BCUT2D eigenvalue weighted by molar-refractivity contribution is 0.132. The second-order valence-electron chi connectivity index (χ2n) is 3.45. The Bertz CT molecular complexity index is 173. The molecule has 4 heteroatoms. The van der Waals surface area contributed by atoms with Crippen LogP contribution in [-0.4, -0.2) is 37.4 Å². The largest absolute Gasteiger partial charge is 0.364 e. The van der Waals surface area contributed by atoms with Gasteiger partial charge < -0.3 is 15.0 Å². The van der Waals surface area contributed by atoms with Crippen LogP contribution in [0.1, 0.15) is 26.2 Å². The van der Waals surface area contributed by atoms with Crippen LogP contribution in [0.15, 0.2) is 0 Å². The van der Waals surface area contributed by atoms with E-state index < -0.39 is 0 Å². The highest BCUT2D eigenvalue weighted by Gasteiger charge is 2.22. The predicted molar refractivity (Wildman–Crippen MR) is 50.4 cm³/mol. The van der Waals surface area contributed by atoms with E-state index in [-0.39, 0.29) is 6.03 Å². The number of carbonyl (C=O) groups excluding carboxylic acids is 1. The molecule has 4 nitrogen and oxygen atoms in total. The van der Waals surface area contributed by atoms with Crippen LogP contribution in [0.5, 0.6) is 0 Å². The van der Waals surface area contributed by atoms with Crippen LogP contribution in [0, 0.1) is 0 Å². The summed E-state index contributed by atoms with van der Waals surface area (Å²) in [4.78, 5) is 13.4. The first-order valence-corrected chi connectivity index (χ1v) is 4.79. The van der Waals surface area contributed by atoms with Gasteiger partial charge in [-0.25, -0.2) is 4.79 Å². The van der Waals surface area contributed by atoms with E-state index in [0.717, 1.165) is 19.4 Å². The van der Waals surface area contributed by atoms with Crippen molar-refractivity contribution in [1.29, 1.82) is 0 Å². The number of methoxy groups -OCH3 is 1. The number of ether oxygens (including phenoxy) is 1. The quantitative estimate of drug-likeness (QED) is 0.658. The molecular weight excluding hydrogens is 168 g/mol. The Labute approximate surface area is 79.2 Å². The zero-order chi connectivity index (χ0) is 9.68. The van der Waals surface area contributed by atoms with Gasteiger partial charge in [-0.2, -0.15) is 0 Å². The van der Waals surface area contributed by atoms with Crippen molar-refractivity contribution in [2.45, 2.75) is 32.2 Å². The molecule has 1 saturated heterocycles. The second kappa shape index (κ2) is 5.07. The minimum atomic E-state index is -0.00551. The average Bonchev–Trinajstić information content (AvgIpc) is 2.15. The molecule has 0 aromatic rings. The van der Waals surface area contributed by atoms with Crippen molar-refractivity contribution in [3.63, 3.8) is 0 Å². The molecule has 0 aliphatic carbocycles. The topological polar surface area (TPSA) is 41.6 Å². The Kier molecular flexibility index (Phi) is 4.02. The van der Waals surface area contributed by atoms with Gasteiger partial charge in [0.05, 0.1) is 0 Å². The molecule has 1 unspecified atom stereocenters. The summed E-state index contributed by atoms with van der Waals surface area (Å²) in [5.41, 5.74) is 0. The molecule has 0 bridgehead atoms. The van der Waals surface area contributed by atoms with E-state index in [9.17, 15) is 4.79 Å². The van der Waals surface area contributed by atoms with Crippen LogP contribution in [0.25, 0.3) is 0 Å². The molecule has 1 heterocycles. The van der Waals surface area contributed by atoms with Crippen molar-refractivity contribution < 1.29 is 9.53 Å². The first-order valence-electron chi connectivity index (χ1n) is 4.79. The second-order valence-corrected chi connectivity index (χ2v) is 3.45. The highest BCUT2D eigenvalue weighted by Crippen LogP contribution is 2.15. The maximum Gasteiger partial charge on any atom is 0.319 e. The number of rotatable bonds is 2. The fourth-order valence-electron chi connectivity index (χ4n) is 1.64. The minimum Gasteiger partial charge on any atom is -0.364 e. The molecule has 0 aromatic heterocycles. The Morgan fingerprint density at radius 1 is 1.62 bits per heavy atom. The normalized spacial score (nSPS) is 22.9. The van der Waals surface area contributed by atoms with Gasteiger partial charge in [0.2, 0.25) is 0 Å². The summed E-state index contributed by atoms with van der Waals surface area (Å²) >= 11 is 0. The van der Waals surface area contributed by atoms with Gasteiger partial charge in [0, 0.05) is 19.7 Å². The third-order valence-corrected chi connectivity index (χ3v) is 2.43. The van der Waals surface area contributed by atoms with Crippen molar-refractivity contribution in [3.05, 3.63) is 0 Å². The molecule has 0 radical (unpaired) electrons. The van der Waals surface area contributed by atoms with Gasteiger partial charge >= 0.3 is 6.03 Å². The fraction of sp³-hybridized carbons (Fsp3) is 0.889. The summed E-state index contributed by atoms with van der Waals surface area (Å²) in [6.07, 6.45) is 3.46. The maximum absolute atomic E-state index is 11.5. The van der Waals surface area contributed by atoms with Gasteiger partial charge in [0.1, 0.15) is 6.73 Å². The minimum absolute atomic E-state index is 0.00551. The molecule has 1 atom stereocenters. The SMILES string of the molecule is COCNC(=O)N1CCCCC1C. The summed E-state index contributed by atoms with van der Waals surface area (Å²) in [5, 5.41) is 2.70. The van der Waals surface area contributed by atoms with E-state index in [4.69, 9.17) is 4.74 Å². The molecule has 0 aromatic carbocycles. The molecule has 13 heavy (non-hydrogen) atoms. The van der Waals surface area contributed by atoms with Crippen LogP contribution < -0.4 is 5.32 Å². The molecule has 0 spiro atoms. The van der Waals surface area contributed by atoms with Crippen LogP contribution >= 0.6 is 0 Å². The molecular formula is C9H18N2O2. The molecule has 2 amide bonds. The predicted octanol–water partition coefficient (Wildman–Crippen LogP) is 1.17. The zero-order valence-electron chi connectivity index (χ0n) is 8.38. The van der Waals surface area contributed by atoms with Crippen LogP contribution in [0.4, 0.5) is 4.79 Å². The van der Waals surface area contributed by atoms with Crippen molar-refractivity contribution >= 4 is 6.03 Å². The van der Waals surface area contributed by atoms with Gasteiger partial charge in [-0.1, -0.05) is 0 Å². The van der Waals surface area contributed by atoms with Gasteiger partial charge in [-0.05, 0) is 26.2 Å². The lowest BCUT2D eigenvalue weighted by Crippen LogP contribution is -2.47. The third-order valence-electron chi connectivity index (χ3n) is 2.43. The zero-order valence-corrected chi connectivity index (χ0v) is 8.38. The molecule has 0 saturated carbocycles. The standard InChI is InChI=1S/C9H18N2O2/c1-8-5-3-4-6-11(8)9(12)10-7-13-2/h8H,3-7H2,1-2H3,(H,10,12). The van der Waals surface area contributed by atoms with Crippen LogP contribution in [0.2, 0.25) is 0 Å². The van der Waals surface area contributed by atoms with E-state index in [0.29, 0.717) is 12.8 Å². The number of hydrogen-bond donors (Lipinski definition) is 1. The third kappa shape index (κ3) is 2.88. The Morgan fingerprint density at radius 2 is 2.38 bits per heavy atom. The summed E-state index contributed by atoms with van der Waals surface area (Å²) in [6, 6.07) is 0.361. The first kappa shape index (κ1) is 10.3. The number of urea groups is 1. The molecule has 1 rings (SSSR count). The fourth-order valence-corrected chi connectivity index (χ4v) is 1.64. The number of nitrogens with one attached hydrogen (secondary N) is 1. The average molecular weight is 186 g/mol. The lowest BCUT2D eigenvalue weighted by atomic mass is 10.0. The molecule has 1 aliphatic rings. The van der Waals surface area contributed by atoms with Gasteiger partial charge in [0.25, 0.3) is 0 Å². The first-order chi connectivity index (χ1) is 6.25. The van der Waals surface area contributed by atoms with E-state index in [1.165, 1.54) is 6.42 Å². The summed E-state index contributed by atoms with van der Waals surface area (Å²) in [5.74, 6) is 0. The number of likely N-dealkylation sites (tertiary alicyclic amines) is 1. The number of nitrogens with zero attached hydrogens (tertiary/aromatic N) is 1. The van der Waals surface area contributed by atoms with Gasteiger partial charge in [-0.15, -0.1) is 0 Å². The molecule has 1 aliphatic heterocycles. The summed E-state index contributed by atoms with van der Waals surface area (Å²) < 4.78 is 4.78. The van der Waals surface area contributed by atoms with E-state index in [2.05, 4.69) is 12.2 Å². The number of piperidine rings is 1. The van der Waals surface area contributed by atoms with E-state index in [1.54, 1.807) is 7.11 Å². The van der Waals surface area contributed by atoms with Crippen molar-refractivity contribution in [1.82, 2.24) is 10.2 Å². The lowest BCUT2D eigenvalue weighted by Gasteiger charge is -2.33. The van der Waals surface area contributed by atoms with Gasteiger partial charge in [-0.3, -0.25) is 0 Å². The van der Waals surface area contributed by atoms with Crippen LogP contribution in [-0.2, 0) is 4.74 Å². The van der Waals surface area contributed by atoms with E-state index >= 15 is 0 Å².